The zero-order chi connectivity index (χ0) is 44.1. The molecule has 1 aliphatic rings. The minimum Gasteiger partial charge on any atom is -0.462 e. The molecule has 1 rings (SSSR count). The quantitative estimate of drug-likeness (QED) is 0.0201. The molecule has 0 spiro atoms. The van der Waals surface area contributed by atoms with E-state index < -0.39 is 71.2 Å². The van der Waals surface area contributed by atoms with Gasteiger partial charge < -0.3 is 34.3 Å². The fourth-order valence-electron chi connectivity index (χ4n) is 6.49. The van der Waals surface area contributed by atoms with Gasteiger partial charge in [0.2, 0.25) is 0 Å². The van der Waals surface area contributed by atoms with Gasteiger partial charge in [0.25, 0.3) is 10.1 Å². The number of aliphatic hydroxyl groups excluding tert-OH is 3. The maximum Gasteiger partial charge on any atom is 0.306 e. The van der Waals surface area contributed by atoms with Crippen molar-refractivity contribution in [2.24, 2.45) is 0 Å². The molecule has 0 saturated carbocycles. The Labute approximate surface area is 362 Å². The number of hydrogen-bond acceptors (Lipinski definition) is 11. The number of unbranched alkanes of at least 4 members (excludes halogenated alkanes) is 15. The zero-order valence-electron chi connectivity index (χ0n) is 36.8. The first kappa shape index (κ1) is 55.4. The number of carbonyl (C=O) groups excluding carboxylic acids is 2. The topological polar surface area (TPSA) is 186 Å². The van der Waals surface area contributed by atoms with Crippen molar-refractivity contribution < 1.29 is 56.8 Å². The number of aliphatic hydroxyl groups is 3. The molecule has 4 N–H and O–H groups in total. The average Bonchev–Trinajstić information content (AvgIpc) is 3.21. The van der Waals surface area contributed by atoms with E-state index in [9.17, 15) is 37.9 Å². The van der Waals surface area contributed by atoms with Crippen LogP contribution in [-0.2, 0) is 38.7 Å². The Kier molecular flexibility index (Phi) is 34.1. The molecule has 346 valence electrons. The average molecular weight is 869 g/mol. The fourth-order valence-corrected chi connectivity index (χ4v) is 7.18. The highest BCUT2D eigenvalue weighted by molar-refractivity contribution is 7.85. The summed E-state index contributed by atoms with van der Waals surface area (Å²) in [6.07, 6.45) is 35.6. The van der Waals surface area contributed by atoms with Crippen molar-refractivity contribution in [3.8, 4) is 0 Å². The van der Waals surface area contributed by atoms with Gasteiger partial charge in [0.15, 0.2) is 12.4 Å². The Balaban J connectivity index is 2.51. The van der Waals surface area contributed by atoms with E-state index in [1.807, 2.05) is 6.08 Å². The number of allylic oxidation sites excluding steroid dienone is 10. The van der Waals surface area contributed by atoms with Gasteiger partial charge in [-0.3, -0.25) is 14.1 Å². The summed E-state index contributed by atoms with van der Waals surface area (Å²) >= 11 is 0. The molecule has 1 fully saturated rings. The Hall–Kier alpha value is -2.65. The lowest BCUT2D eigenvalue weighted by Gasteiger charge is -2.40. The maximum atomic E-state index is 12.8. The smallest absolute Gasteiger partial charge is 0.306 e. The molecule has 0 aromatic carbocycles. The van der Waals surface area contributed by atoms with Gasteiger partial charge in [0.1, 0.15) is 36.8 Å². The van der Waals surface area contributed by atoms with Gasteiger partial charge in [-0.2, -0.15) is 8.42 Å². The van der Waals surface area contributed by atoms with E-state index in [-0.39, 0.29) is 19.4 Å². The van der Waals surface area contributed by atoms with Crippen LogP contribution in [0.25, 0.3) is 0 Å². The largest absolute Gasteiger partial charge is 0.462 e. The van der Waals surface area contributed by atoms with Crippen molar-refractivity contribution in [3.05, 3.63) is 60.8 Å². The van der Waals surface area contributed by atoms with Gasteiger partial charge in [0, 0.05) is 12.8 Å². The predicted octanol–water partition coefficient (Wildman–Crippen LogP) is 9.34. The highest BCUT2D eigenvalue weighted by atomic mass is 32.2. The lowest BCUT2D eigenvalue weighted by atomic mass is 10.00. The Bertz CT molecular complexity index is 1340. The van der Waals surface area contributed by atoms with Crippen LogP contribution in [0, 0.1) is 0 Å². The van der Waals surface area contributed by atoms with Gasteiger partial charge in [-0.05, 0) is 77.0 Å². The second kappa shape index (κ2) is 37.0. The van der Waals surface area contributed by atoms with Crippen LogP contribution in [0.3, 0.4) is 0 Å². The molecular formula is C47H80O12S. The molecule has 0 amide bonds. The highest BCUT2D eigenvalue weighted by Crippen LogP contribution is 2.24. The lowest BCUT2D eigenvalue weighted by Crippen LogP contribution is -2.60. The predicted molar refractivity (Wildman–Crippen MR) is 238 cm³/mol. The molecule has 0 radical (unpaired) electrons. The number of ether oxygens (including phenoxy) is 4. The zero-order valence-corrected chi connectivity index (χ0v) is 37.6. The summed E-state index contributed by atoms with van der Waals surface area (Å²) < 4.78 is 54.0. The van der Waals surface area contributed by atoms with Gasteiger partial charge in [-0.1, -0.05) is 139 Å². The summed E-state index contributed by atoms with van der Waals surface area (Å²) in [4.78, 5) is 25.4. The molecule has 0 aromatic rings. The first-order chi connectivity index (χ1) is 29.0. The van der Waals surface area contributed by atoms with Crippen LogP contribution < -0.4 is 0 Å². The third kappa shape index (κ3) is 31.2. The third-order valence-corrected chi connectivity index (χ3v) is 10.8. The summed E-state index contributed by atoms with van der Waals surface area (Å²) in [6.45, 7) is 3.65. The number of carbonyl (C=O) groups is 2. The van der Waals surface area contributed by atoms with E-state index in [0.29, 0.717) is 19.3 Å². The van der Waals surface area contributed by atoms with Gasteiger partial charge in [-0.15, -0.1) is 0 Å². The monoisotopic (exact) mass is 869 g/mol. The Morgan fingerprint density at radius 2 is 1.02 bits per heavy atom. The van der Waals surface area contributed by atoms with E-state index in [1.54, 1.807) is 0 Å². The van der Waals surface area contributed by atoms with Crippen molar-refractivity contribution in [1.29, 1.82) is 0 Å². The molecule has 60 heavy (non-hydrogen) atoms. The van der Waals surface area contributed by atoms with Crippen molar-refractivity contribution in [2.45, 2.75) is 205 Å². The molecule has 6 atom stereocenters. The fraction of sp³-hybridized carbons (Fsp3) is 0.745. The van der Waals surface area contributed by atoms with Crippen molar-refractivity contribution in [3.63, 3.8) is 0 Å². The van der Waals surface area contributed by atoms with Gasteiger partial charge in [0.05, 0.1) is 6.61 Å². The normalized spacial score (nSPS) is 20.7. The number of esters is 2. The lowest BCUT2D eigenvalue weighted by molar-refractivity contribution is -0.297. The van der Waals surface area contributed by atoms with Crippen LogP contribution in [0.15, 0.2) is 60.8 Å². The van der Waals surface area contributed by atoms with Crippen LogP contribution in [0.2, 0.25) is 0 Å². The minimum absolute atomic E-state index is 0.0899. The van der Waals surface area contributed by atoms with Crippen LogP contribution >= 0.6 is 0 Å². The summed E-state index contributed by atoms with van der Waals surface area (Å²) in [6, 6.07) is 0. The molecule has 0 aromatic heterocycles. The number of rotatable bonds is 37. The Morgan fingerprint density at radius 1 is 0.567 bits per heavy atom. The van der Waals surface area contributed by atoms with Crippen molar-refractivity contribution in [2.75, 3.05) is 19.0 Å². The van der Waals surface area contributed by atoms with Crippen LogP contribution in [0.5, 0.6) is 0 Å². The van der Waals surface area contributed by atoms with Crippen molar-refractivity contribution >= 4 is 22.1 Å². The molecular weight excluding hydrogens is 789 g/mol. The molecule has 0 bridgehead atoms. The molecule has 1 heterocycles. The van der Waals surface area contributed by atoms with Crippen molar-refractivity contribution in [1.82, 2.24) is 0 Å². The minimum atomic E-state index is -4.61. The third-order valence-electron chi connectivity index (χ3n) is 10.1. The van der Waals surface area contributed by atoms with E-state index >= 15 is 0 Å². The van der Waals surface area contributed by atoms with Crippen LogP contribution in [-0.4, -0.2) is 96.0 Å². The summed E-state index contributed by atoms with van der Waals surface area (Å²) in [5.74, 6) is -2.10. The first-order valence-electron chi connectivity index (χ1n) is 22.8. The van der Waals surface area contributed by atoms with E-state index in [0.717, 1.165) is 44.9 Å². The molecule has 1 aliphatic heterocycles. The molecule has 12 nitrogen and oxygen atoms in total. The summed E-state index contributed by atoms with van der Waals surface area (Å²) in [7, 11) is -4.61. The summed E-state index contributed by atoms with van der Waals surface area (Å²) in [5.41, 5.74) is 0. The molecule has 13 heteroatoms. The summed E-state index contributed by atoms with van der Waals surface area (Å²) in [5, 5.41) is 30.9. The second-order valence-corrected chi connectivity index (χ2v) is 17.2. The Morgan fingerprint density at radius 3 is 1.57 bits per heavy atom. The van der Waals surface area contributed by atoms with E-state index in [1.165, 1.54) is 77.0 Å². The van der Waals surface area contributed by atoms with Crippen LogP contribution in [0.1, 0.15) is 168 Å². The molecule has 1 saturated heterocycles. The second-order valence-electron chi connectivity index (χ2n) is 15.7. The highest BCUT2D eigenvalue weighted by Gasteiger charge is 2.46. The molecule has 2 unspecified atom stereocenters. The first-order valence-corrected chi connectivity index (χ1v) is 24.5. The maximum absolute atomic E-state index is 12.8. The van der Waals surface area contributed by atoms with Gasteiger partial charge in [-0.25, -0.2) is 0 Å². The van der Waals surface area contributed by atoms with Gasteiger partial charge >= 0.3 is 11.9 Å². The molecule has 0 aliphatic carbocycles. The van der Waals surface area contributed by atoms with E-state index in [2.05, 4.69) is 68.5 Å². The van der Waals surface area contributed by atoms with E-state index in [4.69, 9.17) is 18.9 Å². The standard InChI is InChI=1S/C47H80O12S/c1-3-5-7-9-11-13-15-17-19-20-22-24-26-28-30-32-34-36-43(49)58-40(38-57-47-46(52)45(51)44(50)41(59-47)39-60(53,54)55)37-56-42(48)35-33-31-29-27-25-23-21-18-16-14-12-10-8-6-4-2/h12,14,18,21-22,24-25,27-28,30,40-41,44-47,50-52H,3-11,13,15-17,19-20,23,26,29,31-39H2,1-2H3,(H,53,54,55)/b14-12+,21-18+,24-22+,27-25+,30-28+/t40-,41-,44-,45?,46?,47+/m1/s1. The SMILES string of the molecule is CCCCC/C=C/C/C=C/C/C=C/CCCCC(=O)OC[C@H](CO[C@H]1O[C@H](CS(=O)(=O)O)[C@@H](O)C(O)C1O)OC(=O)CCC/C=C/C/C=C/CCCCCCCCCCC. The van der Waals surface area contributed by atoms with Crippen LogP contribution in [0.4, 0.5) is 0 Å². The number of hydrogen-bond donors (Lipinski definition) is 4.